The largest absolute Gasteiger partial charge is 0.469 e. The topological polar surface area (TPSA) is 86.5 Å². The molecular formula is C17H19N3O4. The molecule has 2 heterocycles. The summed E-state index contributed by atoms with van der Waals surface area (Å²) >= 11 is 0. The lowest BCUT2D eigenvalue weighted by Gasteiger charge is -2.29. The van der Waals surface area contributed by atoms with Crippen molar-refractivity contribution in [3.05, 3.63) is 30.6 Å². The highest BCUT2D eigenvalue weighted by molar-refractivity contribution is 6.05. The van der Waals surface area contributed by atoms with Crippen LogP contribution in [0.4, 0.5) is 5.82 Å². The van der Waals surface area contributed by atoms with E-state index in [9.17, 15) is 4.79 Å². The Morgan fingerprint density at radius 1 is 1.29 bits per heavy atom. The van der Waals surface area contributed by atoms with Crippen LogP contribution in [0, 0.1) is 0 Å². The standard InChI is InChI=1S/C17H19N3O4/c1-17(9-22-2,8-13(21)23-3)20-16-15-14(18-10-19-16)11-6-4-5-7-12(11)24-15/h4-7,10H,8-9H2,1-3H3,(H,18,19,20). The molecule has 0 saturated carbocycles. The number of fused-ring (bicyclic) bond motifs is 3. The van der Waals surface area contributed by atoms with Gasteiger partial charge in [0.1, 0.15) is 17.4 Å². The van der Waals surface area contributed by atoms with Crippen LogP contribution in [0.1, 0.15) is 13.3 Å². The summed E-state index contributed by atoms with van der Waals surface area (Å²) in [4.78, 5) is 20.3. The van der Waals surface area contributed by atoms with Crippen LogP contribution < -0.4 is 5.32 Å². The predicted octanol–water partition coefficient (Wildman–Crippen LogP) is 2.76. The normalized spacial score (nSPS) is 13.8. The van der Waals surface area contributed by atoms with Crippen LogP contribution in [0.3, 0.4) is 0 Å². The van der Waals surface area contributed by atoms with Gasteiger partial charge in [0.05, 0.1) is 25.7 Å². The van der Waals surface area contributed by atoms with Crippen LogP contribution >= 0.6 is 0 Å². The van der Waals surface area contributed by atoms with E-state index in [4.69, 9.17) is 13.9 Å². The highest BCUT2D eigenvalue weighted by Crippen LogP contribution is 2.32. The average molecular weight is 329 g/mol. The Morgan fingerprint density at radius 3 is 2.83 bits per heavy atom. The second-order valence-corrected chi connectivity index (χ2v) is 5.87. The number of aromatic nitrogens is 2. The number of esters is 1. The number of anilines is 1. The second kappa shape index (κ2) is 6.45. The number of carbonyl (C=O) groups is 1. The van der Waals surface area contributed by atoms with E-state index in [2.05, 4.69) is 15.3 Å². The summed E-state index contributed by atoms with van der Waals surface area (Å²) < 4.78 is 15.9. The number of para-hydroxylation sites is 1. The fourth-order valence-electron chi connectivity index (χ4n) is 2.74. The summed E-state index contributed by atoms with van der Waals surface area (Å²) in [5.74, 6) is 0.177. The first-order valence-corrected chi connectivity index (χ1v) is 7.52. The van der Waals surface area contributed by atoms with E-state index >= 15 is 0 Å². The molecule has 1 atom stereocenters. The lowest BCUT2D eigenvalue weighted by Crippen LogP contribution is -2.42. The molecule has 126 valence electrons. The molecule has 0 aliphatic carbocycles. The zero-order valence-electron chi connectivity index (χ0n) is 13.8. The minimum absolute atomic E-state index is 0.128. The van der Waals surface area contributed by atoms with Gasteiger partial charge in [-0.1, -0.05) is 12.1 Å². The zero-order chi connectivity index (χ0) is 17.2. The van der Waals surface area contributed by atoms with Crippen molar-refractivity contribution in [3.63, 3.8) is 0 Å². The number of hydrogen-bond acceptors (Lipinski definition) is 7. The first kappa shape index (κ1) is 16.2. The highest BCUT2D eigenvalue weighted by Gasteiger charge is 2.30. The molecule has 1 unspecified atom stereocenters. The van der Waals surface area contributed by atoms with Crippen LogP contribution in [0.2, 0.25) is 0 Å². The molecule has 0 aliphatic rings. The molecule has 24 heavy (non-hydrogen) atoms. The summed E-state index contributed by atoms with van der Waals surface area (Å²) in [6.07, 6.45) is 1.60. The van der Waals surface area contributed by atoms with E-state index < -0.39 is 5.54 Å². The van der Waals surface area contributed by atoms with Crippen molar-refractivity contribution in [3.8, 4) is 0 Å². The first-order chi connectivity index (χ1) is 11.6. The van der Waals surface area contributed by atoms with Crippen molar-refractivity contribution in [2.75, 3.05) is 26.1 Å². The summed E-state index contributed by atoms with van der Waals surface area (Å²) in [6.45, 7) is 2.16. The van der Waals surface area contributed by atoms with Gasteiger partial charge in [0.15, 0.2) is 11.4 Å². The van der Waals surface area contributed by atoms with E-state index in [0.29, 0.717) is 18.0 Å². The smallest absolute Gasteiger partial charge is 0.307 e. The molecule has 0 bridgehead atoms. The number of hydrogen-bond donors (Lipinski definition) is 1. The number of benzene rings is 1. The first-order valence-electron chi connectivity index (χ1n) is 7.52. The second-order valence-electron chi connectivity index (χ2n) is 5.87. The van der Waals surface area contributed by atoms with E-state index in [1.807, 2.05) is 31.2 Å². The molecule has 1 aromatic carbocycles. The molecule has 0 radical (unpaired) electrons. The van der Waals surface area contributed by atoms with Crippen molar-refractivity contribution in [2.45, 2.75) is 18.9 Å². The fourth-order valence-corrected chi connectivity index (χ4v) is 2.74. The number of ether oxygens (including phenoxy) is 2. The lowest BCUT2D eigenvalue weighted by atomic mass is 9.99. The summed E-state index contributed by atoms with van der Waals surface area (Å²) in [5, 5.41) is 4.17. The fraction of sp³-hybridized carbons (Fsp3) is 0.353. The summed E-state index contributed by atoms with van der Waals surface area (Å²) in [5.41, 5.74) is 1.31. The molecule has 7 nitrogen and oxygen atoms in total. The van der Waals surface area contributed by atoms with E-state index in [-0.39, 0.29) is 12.4 Å². The maximum absolute atomic E-state index is 11.7. The minimum Gasteiger partial charge on any atom is -0.469 e. The Balaban J connectivity index is 2.03. The molecule has 7 heteroatoms. The highest BCUT2D eigenvalue weighted by atomic mass is 16.5. The number of carbonyl (C=O) groups excluding carboxylic acids is 1. The van der Waals surface area contributed by atoms with Crippen molar-refractivity contribution < 1.29 is 18.7 Å². The third kappa shape index (κ3) is 3.03. The Labute approximate surface area is 139 Å². The molecule has 1 N–H and O–H groups in total. The lowest BCUT2D eigenvalue weighted by molar-refractivity contribution is -0.142. The Hall–Kier alpha value is -2.67. The number of nitrogens with zero attached hydrogens (tertiary/aromatic N) is 2. The van der Waals surface area contributed by atoms with Gasteiger partial charge in [-0.3, -0.25) is 4.79 Å². The predicted molar refractivity (Wildman–Crippen MR) is 89.8 cm³/mol. The number of furan rings is 1. The number of rotatable bonds is 6. The van der Waals surface area contributed by atoms with Crippen LogP contribution in [0.15, 0.2) is 35.0 Å². The molecule has 3 rings (SSSR count). The van der Waals surface area contributed by atoms with Crippen LogP contribution in [0.25, 0.3) is 22.1 Å². The van der Waals surface area contributed by atoms with Crippen molar-refractivity contribution in [1.82, 2.24) is 9.97 Å². The average Bonchev–Trinajstić information content (AvgIpc) is 2.95. The van der Waals surface area contributed by atoms with Gasteiger partial charge < -0.3 is 19.2 Å². The molecule has 0 saturated heterocycles. The van der Waals surface area contributed by atoms with Gasteiger partial charge in [0, 0.05) is 12.5 Å². The summed E-state index contributed by atoms with van der Waals surface area (Å²) in [6, 6.07) is 7.65. The van der Waals surface area contributed by atoms with Gasteiger partial charge in [-0.15, -0.1) is 0 Å². The van der Waals surface area contributed by atoms with Gasteiger partial charge >= 0.3 is 5.97 Å². The van der Waals surface area contributed by atoms with Crippen LogP contribution in [-0.4, -0.2) is 42.3 Å². The van der Waals surface area contributed by atoms with Gasteiger partial charge in [-0.05, 0) is 19.1 Å². The zero-order valence-corrected chi connectivity index (χ0v) is 13.8. The monoisotopic (exact) mass is 329 g/mol. The van der Waals surface area contributed by atoms with Gasteiger partial charge in [0.25, 0.3) is 0 Å². The molecule has 2 aromatic heterocycles. The minimum atomic E-state index is -0.692. The Morgan fingerprint density at radius 2 is 2.08 bits per heavy atom. The van der Waals surface area contributed by atoms with E-state index in [1.165, 1.54) is 13.4 Å². The SMILES string of the molecule is COCC(C)(CC(=O)OC)Nc1ncnc2c1oc1ccccc12. The molecule has 0 spiro atoms. The molecule has 3 aromatic rings. The molecule has 0 fully saturated rings. The van der Waals surface area contributed by atoms with Gasteiger partial charge in [-0.2, -0.15) is 0 Å². The Kier molecular flexibility index (Phi) is 4.35. The molecule has 0 aliphatic heterocycles. The van der Waals surface area contributed by atoms with Crippen molar-refractivity contribution in [1.29, 1.82) is 0 Å². The molecular weight excluding hydrogens is 310 g/mol. The third-order valence-electron chi connectivity index (χ3n) is 3.80. The van der Waals surface area contributed by atoms with Crippen LogP contribution in [-0.2, 0) is 14.3 Å². The summed E-state index contributed by atoms with van der Waals surface area (Å²) in [7, 11) is 2.94. The Bertz CT molecular complexity index is 877. The van der Waals surface area contributed by atoms with Gasteiger partial charge in [0.2, 0.25) is 0 Å². The quantitative estimate of drug-likeness (QED) is 0.696. The molecule has 0 amide bonds. The van der Waals surface area contributed by atoms with Gasteiger partial charge in [-0.25, -0.2) is 9.97 Å². The third-order valence-corrected chi connectivity index (χ3v) is 3.80. The van der Waals surface area contributed by atoms with Crippen molar-refractivity contribution in [2.24, 2.45) is 0 Å². The number of methoxy groups -OCH3 is 2. The van der Waals surface area contributed by atoms with E-state index in [0.717, 1.165) is 16.5 Å². The maximum Gasteiger partial charge on any atom is 0.307 e. The van der Waals surface area contributed by atoms with Crippen LogP contribution in [0.5, 0.6) is 0 Å². The maximum atomic E-state index is 11.7. The number of nitrogens with one attached hydrogen (secondary N) is 1. The van der Waals surface area contributed by atoms with E-state index in [1.54, 1.807) is 7.11 Å². The van der Waals surface area contributed by atoms with Crippen molar-refractivity contribution >= 4 is 33.9 Å².